The maximum absolute atomic E-state index is 10.6. The zero-order chi connectivity index (χ0) is 12.4. The monoisotopic (exact) mass is 242 g/mol. The molecule has 0 fully saturated rings. The molecule has 0 bridgehead atoms. The topological polar surface area (TPSA) is 143 Å². The van der Waals surface area contributed by atoms with E-state index < -0.39 is 36.6 Å². The summed E-state index contributed by atoms with van der Waals surface area (Å²) in [6, 6.07) is 0. The average molecular weight is 242 g/mol. The predicted molar refractivity (Wildman–Crippen MR) is 41.4 cm³/mol. The fraction of sp³-hybridized carbons (Fsp3) is 1.00. The summed E-state index contributed by atoms with van der Waals surface area (Å²) in [6.07, 6.45) is 0. The molecule has 0 aromatic carbocycles. The van der Waals surface area contributed by atoms with Gasteiger partial charge >= 0.3 is 5.09 Å². The fourth-order valence-corrected chi connectivity index (χ4v) is 0.484. The SMILES string of the molecule is O=[N+]([O-])OCCO[N+](=O)OCCO[N+](=O)[O-]. The van der Waals surface area contributed by atoms with Crippen molar-refractivity contribution in [2.45, 2.75) is 0 Å². The molecule has 0 amide bonds. The third kappa shape index (κ3) is 9.69. The minimum Gasteiger partial charge on any atom is -0.310 e. The lowest BCUT2D eigenvalue weighted by molar-refractivity contribution is -0.983. The number of hydrogen-bond acceptors (Lipinski definition) is 9. The molecule has 0 radical (unpaired) electrons. The van der Waals surface area contributed by atoms with Crippen LogP contribution in [0, 0.1) is 25.1 Å². The van der Waals surface area contributed by atoms with Crippen LogP contribution in [-0.2, 0) is 19.4 Å². The van der Waals surface area contributed by atoms with Crippen molar-refractivity contribution >= 4 is 0 Å². The third-order valence-corrected chi connectivity index (χ3v) is 0.953. The predicted octanol–water partition coefficient (Wildman–Crippen LogP) is -0.955. The van der Waals surface area contributed by atoms with E-state index in [1.54, 1.807) is 0 Å². The summed E-state index contributed by atoms with van der Waals surface area (Å²) in [5.41, 5.74) is 0. The number of hydrogen-bond donors (Lipinski definition) is 0. The van der Waals surface area contributed by atoms with Crippen LogP contribution >= 0.6 is 0 Å². The van der Waals surface area contributed by atoms with Gasteiger partial charge in [0.1, 0.15) is 18.1 Å². The quantitative estimate of drug-likeness (QED) is 0.268. The molecule has 92 valence electrons. The Labute approximate surface area is 87.3 Å². The second-order valence-electron chi connectivity index (χ2n) is 2.00. The molecule has 0 spiro atoms. The van der Waals surface area contributed by atoms with Crippen LogP contribution in [-0.4, -0.2) is 41.7 Å². The summed E-state index contributed by atoms with van der Waals surface area (Å²) in [4.78, 5) is 45.9. The molecule has 0 heterocycles. The molecule has 0 aliphatic carbocycles. The van der Waals surface area contributed by atoms with E-state index in [1.807, 2.05) is 0 Å². The fourth-order valence-electron chi connectivity index (χ4n) is 0.484. The van der Waals surface area contributed by atoms with E-state index in [2.05, 4.69) is 19.4 Å². The van der Waals surface area contributed by atoms with Gasteiger partial charge in [-0.15, -0.1) is 20.2 Å². The first-order valence-corrected chi connectivity index (χ1v) is 3.80. The van der Waals surface area contributed by atoms with Gasteiger partial charge in [-0.1, -0.05) is 0 Å². The molecule has 16 heavy (non-hydrogen) atoms. The molecule has 12 heteroatoms. The molecule has 0 N–H and O–H groups in total. The summed E-state index contributed by atoms with van der Waals surface area (Å²) in [6.45, 7) is -1.69. The molecule has 12 nitrogen and oxygen atoms in total. The standard InChI is InChI=1S/C4H8N3O9/c8-5(9)13-1-3-15-7(12)16-4-2-14-6(10)11/h1-4H2/q+1. The van der Waals surface area contributed by atoms with Crippen molar-refractivity contribution in [1.82, 2.24) is 0 Å². The molecule has 0 aromatic heterocycles. The molecule has 0 aliphatic rings. The minimum atomic E-state index is -1.05. The summed E-state index contributed by atoms with van der Waals surface area (Å²) in [5.74, 6) is 0. The van der Waals surface area contributed by atoms with Gasteiger partial charge in [0.05, 0.1) is 0 Å². The zero-order valence-corrected chi connectivity index (χ0v) is 7.84. The van der Waals surface area contributed by atoms with Crippen molar-refractivity contribution < 1.29 is 34.6 Å². The summed E-state index contributed by atoms with van der Waals surface area (Å²) >= 11 is 0. The molecule has 0 atom stereocenters. The normalized spacial score (nSPS) is 9.00. The highest BCUT2D eigenvalue weighted by Gasteiger charge is 2.12. The van der Waals surface area contributed by atoms with Gasteiger partial charge in [-0.2, -0.15) is 9.68 Å². The Bertz CT molecular complexity index is 231. The van der Waals surface area contributed by atoms with Crippen LogP contribution in [0.3, 0.4) is 0 Å². The van der Waals surface area contributed by atoms with Crippen LogP contribution in [0.5, 0.6) is 0 Å². The maximum Gasteiger partial charge on any atom is 0.477 e. The van der Waals surface area contributed by atoms with E-state index in [1.165, 1.54) is 0 Å². The van der Waals surface area contributed by atoms with E-state index in [4.69, 9.17) is 0 Å². The van der Waals surface area contributed by atoms with E-state index in [0.29, 0.717) is 0 Å². The van der Waals surface area contributed by atoms with Gasteiger partial charge in [-0.05, 0) is 0 Å². The Balaban J connectivity index is 3.31. The van der Waals surface area contributed by atoms with Gasteiger partial charge < -0.3 is 9.68 Å². The van der Waals surface area contributed by atoms with E-state index in [-0.39, 0.29) is 5.09 Å². The molecular formula is C4H8N3O9+. The van der Waals surface area contributed by atoms with Crippen LogP contribution in [0.25, 0.3) is 0 Å². The number of rotatable bonds is 10. The summed E-state index contributed by atoms with van der Waals surface area (Å²) in [5, 5.41) is 16.8. The Morgan fingerprint density at radius 3 is 1.31 bits per heavy atom. The highest BCUT2D eigenvalue weighted by atomic mass is 17.0. The second-order valence-corrected chi connectivity index (χ2v) is 2.00. The van der Waals surface area contributed by atoms with Crippen molar-refractivity contribution in [1.29, 1.82) is 0 Å². The molecule has 0 aliphatic heterocycles. The Kier molecular flexibility index (Phi) is 6.76. The van der Waals surface area contributed by atoms with Crippen molar-refractivity contribution in [3.63, 3.8) is 0 Å². The van der Waals surface area contributed by atoms with E-state index in [9.17, 15) is 25.1 Å². The smallest absolute Gasteiger partial charge is 0.310 e. The minimum absolute atomic E-state index is 0.355. The van der Waals surface area contributed by atoms with Crippen LogP contribution < -0.4 is 0 Å². The first-order chi connectivity index (χ1) is 7.52. The molecule has 0 aromatic rings. The zero-order valence-electron chi connectivity index (χ0n) is 7.84. The van der Waals surface area contributed by atoms with Crippen molar-refractivity contribution in [2.24, 2.45) is 0 Å². The highest BCUT2D eigenvalue weighted by molar-refractivity contribution is 4.16. The van der Waals surface area contributed by atoms with Crippen LogP contribution in [0.1, 0.15) is 0 Å². The second kappa shape index (κ2) is 7.95. The van der Waals surface area contributed by atoms with Gasteiger partial charge in [-0.3, -0.25) is 0 Å². The highest BCUT2D eigenvalue weighted by Crippen LogP contribution is 1.84. The number of nitrogens with zero attached hydrogens (tertiary/aromatic N) is 3. The van der Waals surface area contributed by atoms with Gasteiger partial charge in [-0.25, -0.2) is 0 Å². The molecular weight excluding hydrogens is 234 g/mol. The van der Waals surface area contributed by atoms with E-state index >= 15 is 0 Å². The van der Waals surface area contributed by atoms with Crippen molar-refractivity contribution in [3.8, 4) is 0 Å². The first-order valence-electron chi connectivity index (χ1n) is 3.80. The molecule has 0 saturated carbocycles. The van der Waals surface area contributed by atoms with Crippen LogP contribution in [0.15, 0.2) is 0 Å². The van der Waals surface area contributed by atoms with Gasteiger partial charge in [0, 0.05) is 0 Å². The van der Waals surface area contributed by atoms with Crippen molar-refractivity contribution in [2.75, 3.05) is 26.4 Å². The maximum atomic E-state index is 10.6. The lowest BCUT2D eigenvalue weighted by atomic mass is 10.8. The summed E-state index contributed by atoms with van der Waals surface area (Å²) in [7, 11) is 0. The van der Waals surface area contributed by atoms with Crippen molar-refractivity contribution in [3.05, 3.63) is 25.1 Å². The Hall–Kier alpha value is -2.40. The first kappa shape index (κ1) is 13.6. The van der Waals surface area contributed by atoms with Crippen LogP contribution in [0.2, 0.25) is 0 Å². The molecule has 0 rings (SSSR count). The average Bonchev–Trinajstić information content (AvgIpc) is 2.19. The Morgan fingerprint density at radius 2 is 1.00 bits per heavy atom. The van der Waals surface area contributed by atoms with E-state index in [0.717, 1.165) is 0 Å². The summed E-state index contributed by atoms with van der Waals surface area (Å²) < 4.78 is 0. The van der Waals surface area contributed by atoms with Gasteiger partial charge in [0.2, 0.25) is 0 Å². The lowest BCUT2D eigenvalue weighted by Crippen LogP contribution is -2.18. The third-order valence-electron chi connectivity index (χ3n) is 0.953. The van der Waals surface area contributed by atoms with Crippen LogP contribution in [0.4, 0.5) is 0 Å². The van der Waals surface area contributed by atoms with Gasteiger partial charge in [0.25, 0.3) is 10.2 Å². The van der Waals surface area contributed by atoms with Gasteiger partial charge in [0.15, 0.2) is 13.2 Å². The molecule has 0 unspecified atom stereocenters. The molecule has 0 saturated heterocycles. The lowest BCUT2D eigenvalue weighted by Gasteiger charge is -1.95. The largest absolute Gasteiger partial charge is 0.477 e. The Morgan fingerprint density at radius 1 is 0.688 bits per heavy atom.